The molecule has 0 atom stereocenters. The Bertz CT molecular complexity index is 288. The number of nitrogens with one attached hydrogen (secondary N) is 2. The van der Waals surface area contributed by atoms with Gasteiger partial charge in [-0.25, -0.2) is 4.79 Å². The van der Waals surface area contributed by atoms with E-state index in [1.807, 2.05) is 6.92 Å². The molecule has 0 bridgehead atoms. The van der Waals surface area contributed by atoms with E-state index in [0.717, 1.165) is 12.8 Å². The van der Waals surface area contributed by atoms with Gasteiger partial charge in [0.15, 0.2) is 0 Å². The highest BCUT2D eigenvalue weighted by molar-refractivity contribution is 5.73. The number of amides is 2. The molecule has 3 N–H and O–H groups in total. The van der Waals surface area contributed by atoms with Crippen molar-refractivity contribution in [2.24, 2.45) is 11.8 Å². The summed E-state index contributed by atoms with van der Waals surface area (Å²) < 4.78 is 5.11. The number of rotatable bonds is 7. The molecule has 0 aromatic heterocycles. The molecule has 6 nitrogen and oxygen atoms in total. The van der Waals surface area contributed by atoms with Crippen molar-refractivity contribution in [3.05, 3.63) is 0 Å². The lowest BCUT2D eigenvalue weighted by molar-refractivity contribution is -0.143. The molecule has 1 fully saturated rings. The first-order valence-electron chi connectivity index (χ1n) is 6.95. The van der Waals surface area contributed by atoms with Gasteiger partial charge in [-0.1, -0.05) is 0 Å². The number of carbonyl (C=O) groups excluding carboxylic acids is 1. The minimum absolute atomic E-state index is 0.180. The van der Waals surface area contributed by atoms with E-state index in [4.69, 9.17) is 9.84 Å². The van der Waals surface area contributed by atoms with Gasteiger partial charge in [-0.2, -0.15) is 0 Å². The van der Waals surface area contributed by atoms with Crippen LogP contribution < -0.4 is 10.6 Å². The molecule has 1 saturated carbocycles. The molecule has 0 aromatic carbocycles. The number of urea groups is 1. The van der Waals surface area contributed by atoms with Crippen LogP contribution in [0, 0.1) is 11.8 Å². The van der Waals surface area contributed by atoms with Gasteiger partial charge in [0, 0.05) is 19.7 Å². The summed E-state index contributed by atoms with van der Waals surface area (Å²) in [4.78, 5) is 22.3. The summed E-state index contributed by atoms with van der Waals surface area (Å²) >= 11 is 0. The molecule has 1 aliphatic carbocycles. The van der Waals surface area contributed by atoms with Gasteiger partial charge >= 0.3 is 12.0 Å². The third-order valence-electron chi connectivity index (χ3n) is 3.48. The van der Waals surface area contributed by atoms with Gasteiger partial charge in [-0.3, -0.25) is 4.79 Å². The second-order valence-electron chi connectivity index (χ2n) is 4.89. The fourth-order valence-electron chi connectivity index (χ4n) is 2.29. The van der Waals surface area contributed by atoms with Crippen LogP contribution in [0.15, 0.2) is 0 Å². The van der Waals surface area contributed by atoms with Crippen molar-refractivity contribution in [1.82, 2.24) is 10.6 Å². The first-order valence-corrected chi connectivity index (χ1v) is 6.95. The van der Waals surface area contributed by atoms with Gasteiger partial charge in [-0.05, 0) is 38.5 Å². The SMILES string of the molecule is CCOCCNC(=O)NCC1CCC(C(=O)O)CC1. The lowest BCUT2D eigenvalue weighted by atomic mass is 9.82. The fourth-order valence-corrected chi connectivity index (χ4v) is 2.29. The Hall–Kier alpha value is -1.30. The van der Waals surface area contributed by atoms with Crippen LogP contribution in [0.5, 0.6) is 0 Å². The van der Waals surface area contributed by atoms with Crippen LogP contribution in [0.4, 0.5) is 4.79 Å². The Morgan fingerprint density at radius 1 is 1.21 bits per heavy atom. The number of aliphatic carboxylic acids is 1. The molecule has 2 amide bonds. The molecule has 1 aliphatic rings. The van der Waals surface area contributed by atoms with E-state index in [9.17, 15) is 9.59 Å². The Labute approximate surface area is 113 Å². The normalized spacial score (nSPS) is 22.8. The topological polar surface area (TPSA) is 87.7 Å². The molecule has 0 unspecified atom stereocenters. The van der Waals surface area contributed by atoms with Gasteiger partial charge in [0.05, 0.1) is 12.5 Å². The van der Waals surface area contributed by atoms with E-state index >= 15 is 0 Å². The average Bonchev–Trinajstić information content (AvgIpc) is 2.42. The zero-order valence-electron chi connectivity index (χ0n) is 11.5. The minimum atomic E-state index is -0.694. The molecule has 0 aromatic rings. The number of carboxylic acids is 1. The summed E-state index contributed by atoms with van der Waals surface area (Å²) in [5, 5.41) is 14.4. The van der Waals surface area contributed by atoms with E-state index in [1.165, 1.54) is 0 Å². The van der Waals surface area contributed by atoms with Crippen molar-refractivity contribution in [1.29, 1.82) is 0 Å². The van der Waals surface area contributed by atoms with E-state index in [-0.39, 0.29) is 11.9 Å². The number of hydrogen-bond acceptors (Lipinski definition) is 3. The predicted octanol–water partition coefficient (Wildman–Crippen LogP) is 1.21. The molecule has 0 saturated heterocycles. The van der Waals surface area contributed by atoms with Crippen molar-refractivity contribution < 1.29 is 19.4 Å². The van der Waals surface area contributed by atoms with Crippen molar-refractivity contribution in [3.63, 3.8) is 0 Å². The average molecular weight is 272 g/mol. The zero-order valence-corrected chi connectivity index (χ0v) is 11.5. The van der Waals surface area contributed by atoms with Crippen molar-refractivity contribution >= 4 is 12.0 Å². The van der Waals surface area contributed by atoms with Gasteiger partial charge in [0.2, 0.25) is 0 Å². The largest absolute Gasteiger partial charge is 0.481 e. The lowest BCUT2D eigenvalue weighted by Crippen LogP contribution is -2.40. The highest BCUT2D eigenvalue weighted by Gasteiger charge is 2.25. The van der Waals surface area contributed by atoms with Crippen LogP contribution in [0.1, 0.15) is 32.6 Å². The maximum Gasteiger partial charge on any atom is 0.314 e. The number of carboxylic acid groups (broad SMARTS) is 1. The van der Waals surface area contributed by atoms with E-state index < -0.39 is 5.97 Å². The van der Waals surface area contributed by atoms with E-state index in [1.54, 1.807) is 0 Å². The van der Waals surface area contributed by atoms with Crippen LogP contribution in [0.3, 0.4) is 0 Å². The number of ether oxygens (including phenoxy) is 1. The first kappa shape index (κ1) is 15.8. The van der Waals surface area contributed by atoms with Crippen LogP contribution in [-0.4, -0.2) is 43.4 Å². The lowest BCUT2D eigenvalue weighted by Gasteiger charge is -2.26. The molecule has 0 radical (unpaired) electrons. The fraction of sp³-hybridized carbons (Fsp3) is 0.846. The molecule has 6 heteroatoms. The van der Waals surface area contributed by atoms with Crippen LogP contribution >= 0.6 is 0 Å². The molecule has 19 heavy (non-hydrogen) atoms. The maximum atomic E-state index is 11.4. The van der Waals surface area contributed by atoms with E-state index in [2.05, 4.69) is 10.6 Å². The van der Waals surface area contributed by atoms with Crippen molar-refractivity contribution in [3.8, 4) is 0 Å². The van der Waals surface area contributed by atoms with Gasteiger partial charge < -0.3 is 20.5 Å². The van der Waals surface area contributed by atoms with Crippen molar-refractivity contribution in [2.45, 2.75) is 32.6 Å². The monoisotopic (exact) mass is 272 g/mol. The number of hydrogen-bond donors (Lipinski definition) is 3. The molecule has 110 valence electrons. The smallest absolute Gasteiger partial charge is 0.314 e. The summed E-state index contributed by atoms with van der Waals surface area (Å²) in [6, 6.07) is -0.180. The van der Waals surface area contributed by atoms with Gasteiger partial charge in [0.1, 0.15) is 0 Å². The summed E-state index contributed by atoms with van der Waals surface area (Å²) in [6.07, 6.45) is 3.17. The standard InChI is InChI=1S/C13H24N2O4/c1-2-19-8-7-14-13(18)15-9-10-3-5-11(6-4-10)12(16)17/h10-11H,2-9H2,1H3,(H,16,17)(H2,14,15,18). The molecular formula is C13H24N2O4. The predicted molar refractivity (Wildman–Crippen MR) is 71.0 cm³/mol. The van der Waals surface area contributed by atoms with E-state index in [0.29, 0.717) is 45.1 Å². The zero-order chi connectivity index (χ0) is 14.1. The summed E-state index contributed by atoms with van der Waals surface area (Å²) in [7, 11) is 0. The number of carbonyl (C=O) groups is 2. The van der Waals surface area contributed by atoms with Gasteiger partial charge in [-0.15, -0.1) is 0 Å². The van der Waals surface area contributed by atoms with Gasteiger partial charge in [0.25, 0.3) is 0 Å². The molecular weight excluding hydrogens is 248 g/mol. The molecule has 1 rings (SSSR count). The third kappa shape index (κ3) is 6.42. The Balaban J connectivity index is 2.06. The summed E-state index contributed by atoms with van der Waals surface area (Å²) in [6.45, 7) is 4.20. The van der Waals surface area contributed by atoms with Crippen LogP contribution in [0.25, 0.3) is 0 Å². The molecule has 0 spiro atoms. The second kappa shape index (κ2) is 8.74. The highest BCUT2D eigenvalue weighted by atomic mass is 16.5. The molecule has 0 aliphatic heterocycles. The minimum Gasteiger partial charge on any atom is -0.481 e. The maximum absolute atomic E-state index is 11.4. The Kier molecular flexibility index (Phi) is 7.25. The van der Waals surface area contributed by atoms with Crippen molar-refractivity contribution in [2.75, 3.05) is 26.3 Å². The highest BCUT2D eigenvalue weighted by Crippen LogP contribution is 2.28. The molecule has 0 heterocycles. The van der Waals surface area contributed by atoms with Crippen LogP contribution in [0.2, 0.25) is 0 Å². The summed E-state index contributed by atoms with van der Waals surface area (Å²) in [5.74, 6) is -0.496. The first-order chi connectivity index (χ1) is 9.13. The quantitative estimate of drug-likeness (QED) is 0.608. The summed E-state index contributed by atoms with van der Waals surface area (Å²) in [5.41, 5.74) is 0. The van der Waals surface area contributed by atoms with Crippen LogP contribution in [-0.2, 0) is 9.53 Å². The third-order valence-corrected chi connectivity index (χ3v) is 3.48. The Morgan fingerprint density at radius 2 is 1.89 bits per heavy atom. The Morgan fingerprint density at radius 3 is 2.47 bits per heavy atom. The second-order valence-corrected chi connectivity index (χ2v) is 4.89.